The number of nitrogen functional groups attached to an aromatic ring is 1. The van der Waals surface area contributed by atoms with Crippen molar-refractivity contribution >= 4 is 44.0 Å². The highest BCUT2D eigenvalue weighted by Crippen LogP contribution is 2.30. The van der Waals surface area contributed by atoms with Crippen LogP contribution in [-0.2, 0) is 7.05 Å². The molecule has 5 nitrogen and oxygen atoms in total. The van der Waals surface area contributed by atoms with Crippen molar-refractivity contribution in [3.8, 4) is 0 Å². The van der Waals surface area contributed by atoms with Gasteiger partial charge in [-0.05, 0) is 17.5 Å². The summed E-state index contributed by atoms with van der Waals surface area (Å²) in [6.45, 7) is 0. The molecule has 0 spiro atoms. The molecule has 1 aromatic heterocycles. The van der Waals surface area contributed by atoms with Crippen molar-refractivity contribution in [2.24, 2.45) is 7.05 Å². The van der Waals surface area contributed by atoms with Crippen LogP contribution in [0.1, 0.15) is 10.5 Å². The number of aromatic nitrogens is 2. The molecule has 1 heterocycles. The van der Waals surface area contributed by atoms with E-state index in [2.05, 4.69) is 26.3 Å². The van der Waals surface area contributed by atoms with Crippen LogP contribution in [0.15, 0.2) is 47.1 Å². The molecule has 0 fully saturated rings. The van der Waals surface area contributed by atoms with Gasteiger partial charge in [0.2, 0.25) is 0 Å². The molecule has 21 heavy (non-hydrogen) atoms. The zero-order valence-corrected chi connectivity index (χ0v) is 12.9. The van der Waals surface area contributed by atoms with E-state index >= 15 is 0 Å². The minimum absolute atomic E-state index is 0.278. The molecule has 3 rings (SSSR count). The Hall–Kier alpha value is -2.34. The number of hydrogen-bond donors (Lipinski definition) is 2. The Kier molecular flexibility index (Phi) is 3.39. The average molecular weight is 345 g/mol. The molecule has 0 atom stereocenters. The van der Waals surface area contributed by atoms with Crippen LogP contribution in [0.3, 0.4) is 0 Å². The minimum atomic E-state index is -0.278. The van der Waals surface area contributed by atoms with E-state index in [9.17, 15) is 4.79 Å². The fraction of sp³-hybridized carbons (Fsp3) is 0.0667. The van der Waals surface area contributed by atoms with E-state index in [0.29, 0.717) is 11.4 Å². The molecule has 2 aromatic carbocycles. The largest absolute Gasteiger partial charge is 0.396 e. The fourth-order valence-corrected chi connectivity index (χ4v) is 2.76. The second-order valence-corrected chi connectivity index (χ2v) is 5.52. The lowest BCUT2D eigenvalue weighted by atomic mass is 10.1. The molecule has 0 saturated carbocycles. The van der Waals surface area contributed by atoms with Crippen molar-refractivity contribution in [2.45, 2.75) is 0 Å². The van der Waals surface area contributed by atoms with Gasteiger partial charge in [-0.2, -0.15) is 5.10 Å². The van der Waals surface area contributed by atoms with Gasteiger partial charge in [0.1, 0.15) is 5.69 Å². The van der Waals surface area contributed by atoms with Crippen molar-refractivity contribution < 1.29 is 4.79 Å². The number of halogens is 1. The molecule has 106 valence electrons. The Morgan fingerprint density at radius 1 is 1.24 bits per heavy atom. The average Bonchev–Trinajstić information content (AvgIpc) is 2.81. The summed E-state index contributed by atoms with van der Waals surface area (Å²) in [6, 6.07) is 11.6. The molecule has 0 bridgehead atoms. The number of anilines is 2. The molecule has 3 N–H and O–H groups in total. The summed E-state index contributed by atoms with van der Waals surface area (Å²) >= 11 is 3.51. The predicted octanol–water partition coefficient (Wildman–Crippen LogP) is 3.17. The van der Waals surface area contributed by atoms with Crippen LogP contribution in [0.5, 0.6) is 0 Å². The highest BCUT2D eigenvalue weighted by atomic mass is 79.9. The fourth-order valence-electron chi connectivity index (χ4n) is 2.29. The number of carbonyl (C=O) groups is 1. The van der Waals surface area contributed by atoms with Gasteiger partial charge in [0.25, 0.3) is 5.91 Å². The van der Waals surface area contributed by atoms with E-state index in [1.165, 1.54) is 10.9 Å². The van der Waals surface area contributed by atoms with Gasteiger partial charge in [-0.15, -0.1) is 0 Å². The minimum Gasteiger partial charge on any atom is -0.396 e. The van der Waals surface area contributed by atoms with Crippen LogP contribution >= 0.6 is 15.9 Å². The third-order valence-electron chi connectivity index (χ3n) is 3.30. The number of rotatable bonds is 2. The number of fused-ring (bicyclic) bond motifs is 1. The Morgan fingerprint density at radius 3 is 2.62 bits per heavy atom. The number of benzene rings is 2. The van der Waals surface area contributed by atoms with Gasteiger partial charge in [0, 0.05) is 22.6 Å². The van der Waals surface area contributed by atoms with E-state index in [1.54, 1.807) is 7.05 Å². The quantitative estimate of drug-likeness (QED) is 0.749. The number of amides is 1. The van der Waals surface area contributed by atoms with Crippen molar-refractivity contribution in [2.75, 3.05) is 11.1 Å². The summed E-state index contributed by atoms with van der Waals surface area (Å²) in [7, 11) is 1.69. The monoisotopic (exact) mass is 344 g/mol. The number of hydrogen-bond acceptors (Lipinski definition) is 3. The molecule has 3 aromatic rings. The first-order valence-electron chi connectivity index (χ1n) is 6.34. The Labute approximate surface area is 129 Å². The second kappa shape index (κ2) is 5.21. The summed E-state index contributed by atoms with van der Waals surface area (Å²) in [5.41, 5.74) is 7.22. The van der Waals surface area contributed by atoms with Crippen LogP contribution < -0.4 is 11.1 Å². The first-order valence-corrected chi connectivity index (χ1v) is 7.13. The maximum Gasteiger partial charge on any atom is 0.276 e. The zero-order valence-electron chi connectivity index (χ0n) is 11.3. The third kappa shape index (κ3) is 2.38. The molecule has 0 saturated heterocycles. The summed E-state index contributed by atoms with van der Waals surface area (Å²) < 4.78 is 2.45. The lowest BCUT2D eigenvalue weighted by molar-refractivity contribution is 0.101. The Morgan fingerprint density at radius 2 is 1.95 bits per heavy atom. The summed E-state index contributed by atoms with van der Waals surface area (Å²) in [5, 5.41) is 8.87. The van der Waals surface area contributed by atoms with E-state index in [4.69, 9.17) is 5.73 Å². The van der Waals surface area contributed by atoms with Crippen molar-refractivity contribution in [1.82, 2.24) is 9.78 Å². The first kappa shape index (κ1) is 13.6. The van der Waals surface area contributed by atoms with Gasteiger partial charge in [-0.3, -0.25) is 9.48 Å². The van der Waals surface area contributed by atoms with Crippen LogP contribution in [-0.4, -0.2) is 15.7 Å². The number of nitrogens with zero attached hydrogens (tertiary/aromatic N) is 2. The molecule has 1 amide bonds. The molecular formula is C15H13BrN4O. The van der Waals surface area contributed by atoms with Gasteiger partial charge < -0.3 is 11.1 Å². The normalized spacial score (nSPS) is 10.8. The molecule has 0 aliphatic heterocycles. The second-order valence-electron chi connectivity index (χ2n) is 4.67. The standard InChI is InChI=1S/C15H13BrN4O/c1-20-14(12(17)8-18-20)15(21)19-13-7-6-11(16)9-4-2-3-5-10(9)13/h2-8H,17H2,1H3,(H,19,21). The highest BCUT2D eigenvalue weighted by Gasteiger charge is 2.16. The van der Waals surface area contributed by atoms with Crippen molar-refractivity contribution in [3.63, 3.8) is 0 Å². The van der Waals surface area contributed by atoms with Crippen LogP contribution in [0, 0.1) is 0 Å². The maximum atomic E-state index is 12.4. The predicted molar refractivity (Wildman–Crippen MR) is 87.2 cm³/mol. The van der Waals surface area contributed by atoms with Crippen LogP contribution in [0.2, 0.25) is 0 Å². The Bertz CT molecular complexity index is 821. The Balaban J connectivity index is 2.03. The number of nitrogens with one attached hydrogen (secondary N) is 1. The lowest BCUT2D eigenvalue weighted by Crippen LogP contribution is -2.17. The van der Waals surface area contributed by atoms with E-state index in [-0.39, 0.29) is 5.91 Å². The number of nitrogens with two attached hydrogens (primary N) is 1. The first-order chi connectivity index (χ1) is 10.1. The molecule has 0 aliphatic rings. The lowest BCUT2D eigenvalue weighted by Gasteiger charge is -2.10. The summed E-state index contributed by atoms with van der Waals surface area (Å²) in [6.07, 6.45) is 1.47. The topological polar surface area (TPSA) is 72.9 Å². The van der Waals surface area contributed by atoms with E-state index in [1.807, 2.05) is 36.4 Å². The van der Waals surface area contributed by atoms with E-state index < -0.39 is 0 Å². The van der Waals surface area contributed by atoms with Crippen LogP contribution in [0.25, 0.3) is 10.8 Å². The molecule has 0 radical (unpaired) electrons. The van der Waals surface area contributed by atoms with Crippen molar-refractivity contribution in [1.29, 1.82) is 0 Å². The summed E-state index contributed by atoms with van der Waals surface area (Å²) in [5.74, 6) is -0.278. The molecule has 6 heteroatoms. The van der Waals surface area contributed by atoms with Gasteiger partial charge >= 0.3 is 0 Å². The number of aryl methyl sites for hydroxylation is 1. The van der Waals surface area contributed by atoms with Gasteiger partial charge in [-0.1, -0.05) is 40.2 Å². The SMILES string of the molecule is Cn1ncc(N)c1C(=O)Nc1ccc(Br)c2ccccc12. The van der Waals surface area contributed by atoms with Crippen molar-refractivity contribution in [3.05, 3.63) is 52.8 Å². The number of carbonyl (C=O) groups excluding carboxylic acids is 1. The molecule has 0 aliphatic carbocycles. The van der Waals surface area contributed by atoms with Gasteiger partial charge in [0.05, 0.1) is 11.9 Å². The molecule has 0 unspecified atom stereocenters. The van der Waals surface area contributed by atoms with Gasteiger partial charge in [-0.25, -0.2) is 0 Å². The van der Waals surface area contributed by atoms with Gasteiger partial charge in [0.15, 0.2) is 0 Å². The van der Waals surface area contributed by atoms with E-state index in [0.717, 1.165) is 20.9 Å². The zero-order chi connectivity index (χ0) is 15.0. The smallest absolute Gasteiger partial charge is 0.276 e. The third-order valence-corrected chi connectivity index (χ3v) is 3.99. The summed E-state index contributed by atoms with van der Waals surface area (Å²) in [4.78, 5) is 12.4. The van der Waals surface area contributed by atoms with Crippen LogP contribution in [0.4, 0.5) is 11.4 Å². The molecular weight excluding hydrogens is 332 g/mol. The maximum absolute atomic E-state index is 12.4. The highest BCUT2D eigenvalue weighted by molar-refractivity contribution is 9.10.